The number of hydrogen-bond donors (Lipinski definition) is 1. The molecule has 0 amide bonds. The average Bonchev–Trinajstić information content (AvgIpc) is 2.79. The summed E-state index contributed by atoms with van der Waals surface area (Å²) < 4.78 is 15.1. The fourth-order valence-corrected chi connectivity index (χ4v) is 1.55. The molecule has 0 spiro atoms. The number of rotatable bonds is 4. The molecule has 4 nitrogen and oxygen atoms in total. The van der Waals surface area contributed by atoms with E-state index in [1.165, 1.54) is 6.07 Å². The van der Waals surface area contributed by atoms with Crippen molar-refractivity contribution in [2.24, 2.45) is 5.73 Å². The molecule has 0 aliphatic rings. The van der Waals surface area contributed by atoms with Gasteiger partial charge in [0.05, 0.1) is 6.20 Å². The Morgan fingerprint density at radius 3 is 2.94 bits per heavy atom. The lowest BCUT2D eigenvalue weighted by atomic mass is 10.1. The maximum atomic E-state index is 13.4. The van der Waals surface area contributed by atoms with Crippen LogP contribution in [0.5, 0.6) is 0 Å². The lowest BCUT2D eigenvalue weighted by molar-refractivity contribution is 0.564. The Hall–Kier alpha value is -1.75. The molecule has 0 bridgehead atoms. The van der Waals surface area contributed by atoms with Crippen LogP contribution in [-0.4, -0.2) is 21.5 Å². The first-order chi connectivity index (χ1) is 8.20. The molecule has 1 aromatic heterocycles. The Morgan fingerprint density at radius 2 is 2.24 bits per heavy atom. The fraction of sp³-hybridized carbons (Fsp3) is 0.333. The summed E-state index contributed by atoms with van der Waals surface area (Å²) in [5.74, 6) is -0.223. The third-order valence-electron chi connectivity index (χ3n) is 2.60. The maximum absolute atomic E-state index is 13.4. The Bertz CT molecular complexity index is 507. The number of nitrogens with zero attached hydrogens (tertiary/aromatic N) is 3. The zero-order chi connectivity index (χ0) is 12.3. The second kappa shape index (κ2) is 5.05. The minimum atomic E-state index is -0.223. The van der Waals surface area contributed by atoms with Crippen LogP contribution in [0.2, 0.25) is 0 Å². The summed E-state index contributed by atoms with van der Waals surface area (Å²) in [4.78, 5) is 0. The van der Waals surface area contributed by atoms with E-state index in [1.54, 1.807) is 23.9 Å². The Labute approximate surface area is 99.2 Å². The van der Waals surface area contributed by atoms with Crippen molar-refractivity contribution >= 4 is 0 Å². The Balaban J connectivity index is 2.21. The van der Waals surface area contributed by atoms with Crippen LogP contribution in [-0.2, 0) is 6.54 Å². The van der Waals surface area contributed by atoms with E-state index < -0.39 is 0 Å². The van der Waals surface area contributed by atoms with Gasteiger partial charge in [-0.25, -0.2) is 4.39 Å². The highest BCUT2D eigenvalue weighted by molar-refractivity contribution is 5.58. The quantitative estimate of drug-likeness (QED) is 0.876. The second-order valence-electron chi connectivity index (χ2n) is 3.97. The second-order valence-corrected chi connectivity index (χ2v) is 3.97. The summed E-state index contributed by atoms with van der Waals surface area (Å²) >= 11 is 0. The summed E-state index contributed by atoms with van der Waals surface area (Å²) in [5, 5.41) is 7.99. The van der Waals surface area contributed by atoms with Crippen LogP contribution in [0.1, 0.15) is 12.0 Å². The Kier molecular flexibility index (Phi) is 3.49. The molecule has 17 heavy (non-hydrogen) atoms. The number of benzene rings is 1. The minimum Gasteiger partial charge on any atom is -0.330 e. The minimum absolute atomic E-state index is 0.223. The molecule has 0 aliphatic carbocycles. The Morgan fingerprint density at radius 1 is 1.41 bits per heavy atom. The van der Waals surface area contributed by atoms with Gasteiger partial charge in [0.2, 0.25) is 0 Å². The monoisotopic (exact) mass is 234 g/mol. The lowest BCUT2D eigenvalue weighted by Gasteiger charge is -1.99. The van der Waals surface area contributed by atoms with Crippen LogP contribution < -0.4 is 5.73 Å². The molecule has 0 unspecified atom stereocenters. The van der Waals surface area contributed by atoms with Crippen LogP contribution in [0, 0.1) is 12.7 Å². The first kappa shape index (κ1) is 11.7. The van der Waals surface area contributed by atoms with E-state index in [9.17, 15) is 4.39 Å². The van der Waals surface area contributed by atoms with Crippen molar-refractivity contribution in [3.8, 4) is 11.3 Å². The van der Waals surface area contributed by atoms with Gasteiger partial charge in [-0.2, -0.15) is 0 Å². The van der Waals surface area contributed by atoms with E-state index in [0.717, 1.165) is 18.5 Å². The van der Waals surface area contributed by atoms with Gasteiger partial charge < -0.3 is 5.73 Å². The van der Waals surface area contributed by atoms with Crippen molar-refractivity contribution in [1.82, 2.24) is 15.0 Å². The van der Waals surface area contributed by atoms with Gasteiger partial charge in [-0.3, -0.25) is 4.68 Å². The van der Waals surface area contributed by atoms with Crippen LogP contribution in [0.4, 0.5) is 4.39 Å². The van der Waals surface area contributed by atoms with E-state index in [1.807, 2.05) is 6.07 Å². The van der Waals surface area contributed by atoms with Crippen molar-refractivity contribution in [3.63, 3.8) is 0 Å². The first-order valence-electron chi connectivity index (χ1n) is 5.57. The molecule has 0 aliphatic heterocycles. The predicted molar refractivity (Wildman–Crippen MR) is 63.8 cm³/mol. The highest BCUT2D eigenvalue weighted by atomic mass is 19.1. The smallest absolute Gasteiger partial charge is 0.126 e. The van der Waals surface area contributed by atoms with Gasteiger partial charge in [-0.1, -0.05) is 17.3 Å². The summed E-state index contributed by atoms with van der Waals surface area (Å²) in [6.45, 7) is 3.09. The van der Waals surface area contributed by atoms with Gasteiger partial charge in [-0.05, 0) is 31.5 Å². The SMILES string of the molecule is Cc1ccc(-c2cn(CCCN)nn2)cc1F. The average molecular weight is 234 g/mol. The van der Waals surface area contributed by atoms with Gasteiger partial charge >= 0.3 is 0 Å². The first-order valence-corrected chi connectivity index (χ1v) is 5.57. The normalized spacial score (nSPS) is 10.8. The van der Waals surface area contributed by atoms with Crippen LogP contribution in [0.3, 0.4) is 0 Å². The number of halogens is 1. The summed E-state index contributed by atoms with van der Waals surface area (Å²) in [6.07, 6.45) is 2.66. The topological polar surface area (TPSA) is 56.7 Å². The lowest BCUT2D eigenvalue weighted by Crippen LogP contribution is -2.06. The highest BCUT2D eigenvalue weighted by Gasteiger charge is 2.06. The highest BCUT2D eigenvalue weighted by Crippen LogP contribution is 2.19. The molecule has 2 aromatic rings. The molecule has 1 heterocycles. The number of aryl methyl sites for hydroxylation is 2. The molecular formula is C12H15FN4. The van der Waals surface area contributed by atoms with Crippen LogP contribution in [0.15, 0.2) is 24.4 Å². The summed E-state index contributed by atoms with van der Waals surface area (Å²) in [5.41, 5.74) is 7.47. The summed E-state index contributed by atoms with van der Waals surface area (Å²) in [6, 6.07) is 5.06. The number of aromatic nitrogens is 3. The molecule has 2 N–H and O–H groups in total. The predicted octanol–water partition coefficient (Wildman–Crippen LogP) is 1.74. The molecular weight excluding hydrogens is 219 g/mol. The molecule has 0 radical (unpaired) electrons. The zero-order valence-corrected chi connectivity index (χ0v) is 9.73. The third-order valence-corrected chi connectivity index (χ3v) is 2.60. The van der Waals surface area contributed by atoms with E-state index in [4.69, 9.17) is 5.73 Å². The molecule has 5 heteroatoms. The van der Waals surface area contributed by atoms with Crippen LogP contribution >= 0.6 is 0 Å². The number of nitrogens with two attached hydrogens (primary N) is 1. The molecule has 0 fully saturated rings. The van der Waals surface area contributed by atoms with Crippen molar-refractivity contribution in [2.45, 2.75) is 19.9 Å². The molecule has 0 saturated heterocycles. The van der Waals surface area contributed by atoms with E-state index >= 15 is 0 Å². The largest absolute Gasteiger partial charge is 0.330 e. The van der Waals surface area contributed by atoms with Crippen molar-refractivity contribution in [1.29, 1.82) is 0 Å². The molecule has 1 aromatic carbocycles. The summed E-state index contributed by atoms with van der Waals surface area (Å²) in [7, 11) is 0. The van der Waals surface area contributed by atoms with Gasteiger partial charge in [0, 0.05) is 12.1 Å². The van der Waals surface area contributed by atoms with E-state index in [0.29, 0.717) is 17.8 Å². The standard InChI is InChI=1S/C12H15FN4/c1-9-3-4-10(7-11(9)13)12-8-17(16-15-12)6-2-5-14/h3-4,7-8H,2,5-6,14H2,1H3. The van der Waals surface area contributed by atoms with Gasteiger partial charge in [0.15, 0.2) is 0 Å². The zero-order valence-electron chi connectivity index (χ0n) is 9.73. The fourth-order valence-electron chi connectivity index (χ4n) is 1.55. The van der Waals surface area contributed by atoms with Crippen molar-refractivity contribution < 1.29 is 4.39 Å². The van der Waals surface area contributed by atoms with Gasteiger partial charge in [-0.15, -0.1) is 5.10 Å². The molecule has 0 saturated carbocycles. The number of hydrogen-bond acceptors (Lipinski definition) is 3. The van der Waals surface area contributed by atoms with E-state index in [2.05, 4.69) is 10.3 Å². The van der Waals surface area contributed by atoms with E-state index in [-0.39, 0.29) is 5.82 Å². The maximum Gasteiger partial charge on any atom is 0.126 e. The van der Waals surface area contributed by atoms with Crippen molar-refractivity contribution in [2.75, 3.05) is 6.54 Å². The van der Waals surface area contributed by atoms with Gasteiger partial charge in [0.25, 0.3) is 0 Å². The molecule has 0 atom stereocenters. The third kappa shape index (κ3) is 2.68. The van der Waals surface area contributed by atoms with Crippen molar-refractivity contribution in [3.05, 3.63) is 35.8 Å². The molecule has 90 valence electrons. The van der Waals surface area contributed by atoms with Gasteiger partial charge in [0.1, 0.15) is 11.5 Å². The van der Waals surface area contributed by atoms with Crippen LogP contribution in [0.25, 0.3) is 11.3 Å². The molecule has 2 rings (SSSR count).